The Labute approximate surface area is 127 Å². The lowest BCUT2D eigenvalue weighted by Gasteiger charge is -2.26. The summed E-state index contributed by atoms with van der Waals surface area (Å²) in [5.74, 6) is -0.0927. The lowest BCUT2D eigenvalue weighted by Crippen LogP contribution is -2.41. The first-order chi connectivity index (χ1) is 10.0. The maximum atomic E-state index is 12.0. The summed E-state index contributed by atoms with van der Waals surface area (Å²) in [6.07, 6.45) is 0.107. The fraction of sp³-hybridized carbons (Fsp3) is 0.500. The molecule has 0 unspecified atom stereocenters. The van der Waals surface area contributed by atoms with Crippen molar-refractivity contribution in [2.24, 2.45) is 0 Å². The Morgan fingerprint density at radius 1 is 1.43 bits per heavy atom. The van der Waals surface area contributed by atoms with Gasteiger partial charge in [-0.25, -0.2) is 13.1 Å². The minimum absolute atomic E-state index is 0.0400. The highest BCUT2D eigenvalue weighted by Gasteiger charge is 2.19. The van der Waals surface area contributed by atoms with Gasteiger partial charge in [-0.05, 0) is 12.1 Å². The van der Waals surface area contributed by atoms with E-state index >= 15 is 0 Å². The molecule has 1 saturated heterocycles. The second kappa shape index (κ2) is 7.00. The summed E-state index contributed by atoms with van der Waals surface area (Å²) in [5, 5.41) is 8.69. The lowest BCUT2D eigenvalue weighted by atomic mass is 10.3. The molecule has 2 rings (SSSR count). The number of sulfonamides is 1. The van der Waals surface area contributed by atoms with E-state index in [1.807, 2.05) is 6.07 Å². The van der Waals surface area contributed by atoms with E-state index in [0.717, 1.165) is 11.3 Å². The molecule has 1 N–H and O–H groups in total. The first-order valence-electron chi connectivity index (χ1n) is 6.38. The summed E-state index contributed by atoms with van der Waals surface area (Å²) < 4.78 is 31.5. The molecular formula is C12H15N3O4S2. The van der Waals surface area contributed by atoms with Crippen molar-refractivity contribution in [3.8, 4) is 6.07 Å². The lowest BCUT2D eigenvalue weighted by molar-refractivity contribution is -0.135. The van der Waals surface area contributed by atoms with Crippen LogP contribution in [0.4, 0.5) is 0 Å². The molecule has 0 radical (unpaired) electrons. The summed E-state index contributed by atoms with van der Waals surface area (Å²) in [5.41, 5.74) is 0. The van der Waals surface area contributed by atoms with E-state index < -0.39 is 10.0 Å². The summed E-state index contributed by atoms with van der Waals surface area (Å²) >= 11 is 0.903. The highest BCUT2D eigenvalue weighted by Crippen LogP contribution is 2.20. The molecule has 114 valence electrons. The van der Waals surface area contributed by atoms with Gasteiger partial charge in [-0.3, -0.25) is 4.79 Å². The summed E-state index contributed by atoms with van der Waals surface area (Å²) in [4.78, 5) is 13.9. The molecule has 7 nitrogen and oxygen atoms in total. The van der Waals surface area contributed by atoms with Gasteiger partial charge in [0, 0.05) is 26.1 Å². The average molecular weight is 329 g/mol. The van der Waals surface area contributed by atoms with Crippen molar-refractivity contribution in [2.75, 3.05) is 32.8 Å². The predicted octanol–water partition coefficient (Wildman–Crippen LogP) is 0.147. The summed E-state index contributed by atoms with van der Waals surface area (Å²) in [7, 11) is -3.65. The van der Waals surface area contributed by atoms with E-state index in [1.54, 1.807) is 4.90 Å². The van der Waals surface area contributed by atoms with Crippen LogP contribution in [0.15, 0.2) is 16.3 Å². The minimum atomic E-state index is -3.65. The number of ether oxygens (including phenoxy) is 1. The molecule has 0 aliphatic carbocycles. The predicted molar refractivity (Wildman–Crippen MR) is 76.2 cm³/mol. The van der Waals surface area contributed by atoms with E-state index in [9.17, 15) is 13.2 Å². The van der Waals surface area contributed by atoms with Crippen LogP contribution in [-0.4, -0.2) is 52.1 Å². The molecule has 1 aromatic heterocycles. The van der Waals surface area contributed by atoms with E-state index in [0.29, 0.717) is 31.2 Å². The van der Waals surface area contributed by atoms with E-state index in [2.05, 4.69) is 4.72 Å². The van der Waals surface area contributed by atoms with E-state index in [4.69, 9.17) is 10.00 Å². The summed E-state index contributed by atoms with van der Waals surface area (Å²) in [6.45, 7) is 2.16. The zero-order valence-corrected chi connectivity index (χ0v) is 12.9. The third kappa shape index (κ3) is 4.25. The van der Waals surface area contributed by atoms with Crippen LogP contribution in [-0.2, 0) is 19.6 Å². The molecule has 0 atom stereocenters. The van der Waals surface area contributed by atoms with Gasteiger partial charge in [-0.15, -0.1) is 11.3 Å². The van der Waals surface area contributed by atoms with Crippen LogP contribution in [0.1, 0.15) is 11.3 Å². The van der Waals surface area contributed by atoms with Gasteiger partial charge in [-0.2, -0.15) is 5.26 Å². The highest BCUT2D eigenvalue weighted by atomic mass is 32.2. The standard InChI is InChI=1S/C12H15N3O4S2/c13-9-10-1-2-12(20-10)21(17,18)14-4-3-11(16)15-5-7-19-8-6-15/h1-2,14H,3-8H2. The van der Waals surface area contributed by atoms with Crippen LogP contribution < -0.4 is 4.72 Å². The van der Waals surface area contributed by atoms with Gasteiger partial charge < -0.3 is 9.64 Å². The van der Waals surface area contributed by atoms with Crippen molar-refractivity contribution in [3.05, 3.63) is 17.0 Å². The quantitative estimate of drug-likeness (QED) is 0.829. The number of carbonyl (C=O) groups excluding carboxylic acids is 1. The Kier molecular flexibility index (Phi) is 5.30. The molecule has 2 heterocycles. The second-order valence-corrected chi connectivity index (χ2v) is 7.45. The third-order valence-corrected chi connectivity index (χ3v) is 5.89. The molecule has 1 amide bonds. The Bertz CT molecular complexity index is 642. The van der Waals surface area contributed by atoms with Crippen molar-refractivity contribution >= 4 is 27.3 Å². The number of hydrogen-bond acceptors (Lipinski definition) is 6. The number of nitrogens with one attached hydrogen (secondary N) is 1. The van der Waals surface area contributed by atoms with Crippen LogP contribution in [0.3, 0.4) is 0 Å². The topological polar surface area (TPSA) is 99.5 Å². The number of morpholine rings is 1. The summed E-state index contributed by atoms with van der Waals surface area (Å²) in [6, 6.07) is 4.73. The SMILES string of the molecule is N#Cc1ccc(S(=O)(=O)NCCC(=O)N2CCOCC2)s1. The number of nitrogens with zero attached hydrogens (tertiary/aromatic N) is 2. The maximum Gasteiger partial charge on any atom is 0.250 e. The molecule has 0 saturated carbocycles. The minimum Gasteiger partial charge on any atom is -0.378 e. The first kappa shape index (κ1) is 15.9. The van der Waals surface area contributed by atoms with Crippen molar-refractivity contribution < 1.29 is 17.9 Å². The van der Waals surface area contributed by atoms with Gasteiger partial charge in [-0.1, -0.05) is 0 Å². The number of rotatable bonds is 5. The Balaban J connectivity index is 1.84. The third-order valence-electron chi connectivity index (χ3n) is 2.95. The Hall–Kier alpha value is -1.47. The zero-order valence-electron chi connectivity index (χ0n) is 11.2. The van der Waals surface area contributed by atoms with Crippen LogP contribution in [0.2, 0.25) is 0 Å². The molecule has 9 heteroatoms. The zero-order chi connectivity index (χ0) is 15.3. The van der Waals surface area contributed by atoms with Gasteiger partial charge in [0.15, 0.2) is 0 Å². The van der Waals surface area contributed by atoms with Crippen LogP contribution in [0, 0.1) is 11.3 Å². The molecule has 0 aromatic carbocycles. The van der Waals surface area contributed by atoms with Crippen LogP contribution in [0.5, 0.6) is 0 Å². The number of thiophene rings is 1. The van der Waals surface area contributed by atoms with E-state index in [-0.39, 0.29) is 23.1 Å². The van der Waals surface area contributed by atoms with Crippen molar-refractivity contribution in [2.45, 2.75) is 10.6 Å². The highest BCUT2D eigenvalue weighted by molar-refractivity contribution is 7.91. The normalized spacial score (nSPS) is 15.7. The molecule has 0 spiro atoms. The van der Waals surface area contributed by atoms with Crippen molar-refractivity contribution in [3.63, 3.8) is 0 Å². The Morgan fingerprint density at radius 2 is 2.14 bits per heavy atom. The number of carbonyl (C=O) groups is 1. The van der Waals surface area contributed by atoms with Crippen LogP contribution >= 0.6 is 11.3 Å². The Morgan fingerprint density at radius 3 is 2.76 bits per heavy atom. The molecule has 1 fully saturated rings. The fourth-order valence-electron chi connectivity index (χ4n) is 1.86. The second-order valence-electron chi connectivity index (χ2n) is 4.37. The molecule has 0 bridgehead atoms. The van der Waals surface area contributed by atoms with Crippen LogP contribution in [0.25, 0.3) is 0 Å². The first-order valence-corrected chi connectivity index (χ1v) is 8.68. The van der Waals surface area contributed by atoms with Gasteiger partial charge in [0.25, 0.3) is 0 Å². The number of nitriles is 1. The van der Waals surface area contributed by atoms with Crippen molar-refractivity contribution in [1.29, 1.82) is 5.26 Å². The van der Waals surface area contributed by atoms with Crippen molar-refractivity contribution in [1.82, 2.24) is 9.62 Å². The van der Waals surface area contributed by atoms with Gasteiger partial charge in [0.05, 0.1) is 13.2 Å². The van der Waals surface area contributed by atoms with Gasteiger partial charge >= 0.3 is 0 Å². The largest absolute Gasteiger partial charge is 0.378 e. The monoisotopic (exact) mass is 329 g/mol. The molecular weight excluding hydrogens is 314 g/mol. The maximum absolute atomic E-state index is 12.0. The molecule has 1 aliphatic rings. The average Bonchev–Trinajstić information content (AvgIpc) is 2.98. The number of hydrogen-bond donors (Lipinski definition) is 1. The van der Waals surface area contributed by atoms with Gasteiger partial charge in [0.2, 0.25) is 15.9 Å². The molecule has 1 aliphatic heterocycles. The molecule has 21 heavy (non-hydrogen) atoms. The molecule has 1 aromatic rings. The number of amides is 1. The smallest absolute Gasteiger partial charge is 0.250 e. The van der Waals surface area contributed by atoms with E-state index in [1.165, 1.54) is 12.1 Å². The fourth-order valence-corrected chi connectivity index (χ4v) is 4.04. The van der Waals surface area contributed by atoms with Gasteiger partial charge in [0.1, 0.15) is 15.2 Å².